The van der Waals surface area contributed by atoms with Crippen LogP contribution in [0.25, 0.3) is 0 Å². The predicted molar refractivity (Wildman–Crippen MR) is 137 cm³/mol. The van der Waals surface area contributed by atoms with E-state index in [2.05, 4.69) is 34.1 Å². The average molecular weight is 465 g/mol. The molecule has 0 unspecified atom stereocenters. The van der Waals surface area contributed by atoms with Crippen molar-refractivity contribution in [2.45, 2.75) is 70.4 Å². The molecule has 5 heteroatoms. The van der Waals surface area contributed by atoms with E-state index in [1.165, 1.54) is 37.7 Å². The van der Waals surface area contributed by atoms with Crippen LogP contribution in [0.2, 0.25) is 0 Å². The molecule has 2 aliphatic heterocycles. The number of nitrogens with zero attached hydrogens (tertiary/aromatic N) is 2. The number of anilines is 1. The Morgan fingerprint density at radius 3 is 2.47 bits per heavy atom. The number of methoxy groups -OCH3 is 1. The van der Waals surface area contributed by atoms with Crippen LogP contribution < -0.4 is 9.64 Å². The second-order valence-electron chi connectivity index (χ2n) is 9.64. The van der Waals surface area contributed by atoms with E-state index in [1.807, 2.05) is 24.3 Å². The number of hydrogen-bond donors (Lipinski definition) is 0. The molecule has 1 fully saturated rings. The van der Waals surface area contributed by atoms with E-state index in [-0.39, 0.29) is 5.91 Å². The molecule has 0 aromatic heterocycles. The van der Waals surface area contributed by atoms with Gasteiger partial charge in [-0.25, -0.2) is 0 Å². The lowest BCUT2D eigenvalue weighted by Gasteiger charge is -2.35. The highest BCUT2D eigenvalue weighted by molar-refractivity contribution is 5.95. The fourth-order valence-electron chi connectivity index (χ4n) is 5.29. The van der Waals surface area contributed by atoms with Gasteiger partial charge in [0.25, 0.3) is 0 Å². The van der Waals surface area contributed by atoms with Gasteiger partial charge in [0.2, 0.25) is 5.91 Å². The van der Waals surface area contributed by atoms with Crippen molar-refractivity contribution in [3.63, 3.8) is 0 Å². The van der Waals surface area contributed by atoms with Crippen molar-refractivity contribution in [2.75, 3.05) is 38.3 Å². The normalized spacial score (nSPS) is 19.4. The maximum absolute atomic E-state index is 13.7. The number of fused-ring (bicyclic) bond motifs is 1. The molecule has 0 spiro atoms. The first-order chi connectivity index (χ1) is 16.7. The van der Waals surface area contributed by atoms with Crippen molar-refractivity contribution < 1.29 is 14.3 Å². The number of rotatable bonds is 4. The molecule has 2 heterocycles. The second kappa shape index (κ2) is 12.9. The predicted octanol–water partition coefficient (Wildman–Crippen LogP) is 5.61. The van der Waals surface area contributed by atoms with Crippen LogP contribution in [0.5, 0.6) is 5.75 Å². The topological polar surface area (TPSA) is 42.0 Å². The maximum atomic E-state index is 13.7. The van der Waals surface area contributed by atoms with Crippen LogP contribution in [0.4, 0.5) is 5.69 Å². The molecule has 5 nitrogen and oxygen atoms in total. The third kappa shape index (κ3) is 6.83. The Bertz CT molecular complexity index is 910. The molecule has 4 rings (SSSR count). The summed E-state index contributed by atoms with van der Waals surface area (Å²) in [5.74, 6) is 0.955. The van der Waals surface area contributed by atoms with Gasteiger partial charge < -0.3 is 14.4 Å². The zero-order valence-electron chi connectivity index (χ0n) is 20.7. The van der Waals surface area contributed by atoms with E-state index in [0.717, 1.165) is 69.1 Å². The van der Waals surface area contributed by atoms with Crippen molar-refractivity contribution in [3.05, 3.63) is 59.7 Å². The molecule has 34 heavy (non-hydrogen) atoms. The Morgan fingerprint density at radius 1 is 0.941 bits per heavy atom. The Balaban J connectivity index is 1.59. The summed E-state index contributed by atoms with van der Waals surface area (Å²) < 4.78 is 11.0. The molecular weight excluding hydrogens is 424 g/mol. The second-order valence-corrected chi connectivity index (χ2v) is 9.64. The fraction of sp³-hybridized carbons (Fsp3) is 0.552. The molecule has 184 valence electrons. The minimum atomic E-state index is 0.160. The van der Waals surface area contributed by atoms with E-state index in [1.54, 1.807) is 7.11 Å². The lowest BCUT2D eigenvalue weighted by Crippen LogP contribution is -2.40. The van der Waals surface area contributed by atoms with Crippen molar-refractivity contribution in [1.29, 1.82) is 0 Å². The first-order valence-electron chi connectivity index (χ1n) is 13.1. The maximum Gasteiger partial charge on any atom is 0.231 e. The van der Waals surface area contributed by atoms with Crippen LogP contribution >= 0.6 is 0 Å². The first kappa shape index (κ1) is 24.7. The van der Waals surface area contributed by atoms with Crippen LogP contribution in [0.3, 0.4) is 0 Å². The van der Waals surface area contributed by atoms with Gasteiger partial charge in [0, 0.05) is 38.0 Å². The largest absolute Gasteiger partial charge is 0.497 e. The van der Waals surface area contributed by atoms with Gasteiger partial charge in [0.1, 0.15) is 5.75 Å². The summed E-state index contributed by atoms with van der Waals surface area (Å²) in [5.41, 5.74) is 3.33. The van der Waals surface area contributed by atoms with Gasteiger partial charge in [-0.15, -0.1) is 0 Å². The molecule has 1 saturated heterocycles. The molecule has 0 atom stereocenters. The fourth-order valence-corrected chi connectivity index (χ4v) is 5.29. The standard InChI is InChI=1S/C29H40N2O3/c1-33-27-13-10-11-24(21-27)22-29(32)31-18-9-5-3-2-4-8-17-30(26-15-19-34-20-16-26)23-25-12-6-7-14-28(25)31/h6-7,10-14,21,26H,2-5,8-9,15-20,22-23H2,1H3. The third-order valence-electron chi connectivity index (χ3n) is 7.23. The summed E-state index contributed by atoms with van der Waals surface area (Å²) in [6.45, 7) is 4.50. The van der Waals surface area contributed by atoms with E-state index in [4.69, 9.17) is 9.47 Å². The Labute approximate surface area is 205 Å². The van der Waals surface area contributed by atoms with Crippen molar-refractivity contribution >= 4 is 11.6 Å². The molecule has 1 amide bonds. The summed E-state index contributed by atoms with van der Waals surface area (Å²) in [5, 5.41) is 0. The Morgan fingerprint density at radius 2 is 1.68 bits per heavy atom. The number of para-hydroxylation sites is 1. The lowest BCUT2D eigenvalue weighted by molar-refractivity contribution is -0.118. The van der Waals surface area contributed by atoms with Crippen molar-refractivity contribution in [1.82, 2.24) is 4.90 Å². The van der Waals surface area contributed by atoms with Crippen LogP contribution in [0, 0.1) is 0 Å². The zero-order valence-corrected chi connectivity index (χ0v) is 20.7. The Hall–Kier alpha value is -2.37. The summed E-state index contributed by atoms with van der Waals surface area (Å²) in [4.78, 5) is 18.4. The van der Waals surface area contributed by atoms with E-state index < -0.39 is 0 Å². The SMILES string of the molecule is COc1cccc(CC(=O)N2CCCCCCCCN(C3CCOCC3)Cc3ccccc32)c1. The van der Waals surface area contributed by atoms with E-state index >= 15 is 0 Å². The molecule has 0 bridgehead atoms. The smallest absolute Gasteiger partial charge is 0.231 e. The van der Waals surface area contributed by atoms with Crippen LogP contribution in [0.15, 0.2) is 48.5 Å². The number of carbonyl (C=O) groups is 1. The summed E-state index contributed by atoms with van der Waals surface area (Å²) in [6, 6.07) is 17.0. The minimum Gasteiger partial charge on any atom is -0.497 e. The average Bonchev–Trinajstić information content (AvgIpc) is 2.89. The first-order valence-corrected chi connectivity index (χ1v) is 13.1. The van der Waals surface area contributed by atoms with Crippen LogP contribution in [-0.4, -0.2) is 50.3 Å². The molecule has 2 aromatic rings. The molecule has 0 aliphatic carbocycles. The molecule has 0 saturated carbocycles. The van der Waals surface area contributed by atoms with Gasteiger partial charge >= 0.3 is 0 Å². The monoisotopic (exact) mass is 464 g/mol. The van der Waals surface area contributed by atoms with Gasteiger partial charge in [-0.05, 0) is 61.6 Å². The van der Waals surface area contributed by atoms with Gasteiger partial charge in [0.15, 0.2) is 0 Å². The summed E-state index contributed by atoms with van der Waals surface area (Å²) >= 11 is 0. The number of carbonyl (C=O) groups excluding carboxylic acids is 1. The van der Waals surface area contributed by atoms with Crippen molar-refractivity contribution in [3.8, 4) is 5.75 Å². The highest BCUT2D eigenvalue weighted by atomic mass is 16.5. The van der Waals surface area contributed by atoms with Crippen LogP contribution in [-0.2, 0) is 22.5 Å². The molecule has 2 aliphatic rings. The van der Waals surface area contributed by atoms with Crippen LogP contribution in [0.1, 0.15) is 62.5 Å². The molecule has 0 N–H and O–H groups in total. The molecule has 2 aromatic carbocycles. The van der Waals surface area contributed by atoms with E-state index in [9.17, 15) is 4.79 Å². The lowest BCUT2D eigenvalue weighted by atomic mass is 10.0. The molecular formula is C29H40N2O3. The number of benzene rings is 2. The third-order valence-corrected chi connectivity index (χ3v) is 7.23. The van der Waals surface area contributed by atoms with Gasteiger partial charge in [-0.1, -0.05) is 56.0 Å². The number of hydrogen-bond acceptors (Lipinski definition) is 4. The zero-order chi connectivity index (χ0) is 23.6. The van der Waals surface area contributed by atoms with E-state index in [0.29, 0.717) is 12.5 Å². The van der Waals surface area contributed by atoms with Gasteiger partial charge in [0.05, 0.1) is 13.5 Å². The van der Waals surface area contributed by atoms with Gasteiger partial charge in [-0.2, -0.15) is 0 Å². The molecule has 0 radical (unpaired) electrons. The summed E-state index contributed by atoms with van der Waals surface area (Å²) in [7, 11) is 1.67. The number of ether oxygens (including phenoxy) is 2. The highest BCUT2D eigenvalue weighted by Gasteiger charge is 2.25. The summed E-state index contributed by atoms with van der Waals surface area (Å²) in [6.07, 6.45) is 9.87. The number of amides is 1. The van der Waals surface area contributed by atoms with Gasteiger partial charge in [-0.3, -0.25) is 9.69 Å². The minimum absolute atomic E-state index is 0.160. The highest BCUT2D eigenvalue weighted by Crippen LogP contribution is 2.27. The van der Waals surface area contributed by atoms with Crippen molar-refractivity contribution in [2.24, 2.45) is 0 Å². The Kier molecular flexibility index (Phi) is 9.40. The quantitative estimate of drug-likeness (QED) is 0.590.